The molecule has 2 amide bonds. The Morgan fingerprint density at radius 2 is 2.19 bits per heavy atom. The Morgan fingerprint density at radius 1 is 1.38 bits per heavy atom. The van der Waals surface area contributed by atoms with Gasteiger partial charge in [0.25, 0.3) is 5.91 Å². The minimum atomic E-state index is -0.536. The molecule has 6 nitrogen and oxygen atoms in total. The number of hydrogen-bond donors (Lipinski definition) is 3. The van der Waals surface area contributed by atoms with Crippen LogP contribution in [0.3, 0.4) is 0 Å². The lowest BCUT2D eigenvalue weighted by atomic mass is 10.0. The molecule has 21 heavy (non-hydrogen) atoms. The average molecular weight is 314 g/mol. The molecule has 7 heteroatoms. The van der Waals surface area contributed by atoms with E-state index in [1.165, 1.54) is 0 Å². The van der Waals surface area contributed by atoms with E-state index in [0.717, 1.165) is 25.8 Å². The predicted octanol–water partition coefficient (Wildman–Crippen LogP) is 1.05. The number of benzene rings is 1. The SMILES string of the molecule is Cl.NC(=O)COc1cccc(NC(=O)C2CCCCN2)c1. The number of halogens is 1. The Hall–Kier alpha value is -1.79. The highest BCUT2D eigenvalue weighted by molar-refractivity contribution is 5.95. The number of rotatable bonds is 5. The first-order valence-corrected chi connectivity index (χ1v) is 6.70. The summed E-state index contributed by atoms with van der Waals surface area (Å²) in [5, 5.41) is 6.03. The van der Waals surface area contributed by atoms with Crippen molar-refractivity contribution in [1.29, 1.82) is 0 Å². The zero-order chi connectivity index (χ0) is 14.4. The number of carbonyl (C=O) groups is 2. The fraction of sp³-hybridized carbons (Fsp3) is 0.429. The lowest BCUT2D eigenvalue weighted by molar-refractivity contribution is -0.120. The lowest BCUT2D eigenvalue weighted by Crippen LogP contribution is -2.43. The van der Waals surface area contributed by atoms with Crippen molar-refractivity contribution in [3.05, 3.63) is 24.3 Å². The second-order valence-electron chi connectivity index (χ2n) is 4.77. The molecule has 1 aromatic carbocycles. The molecule has 0 saturated carbocycles. The van der Waals surface area contributed by atoms with Crippen LogP contribution < -0.4 is 21.1 Å². The molecule has 0 spiro atoms. The second-order valence-corrected chi connectivity index (χ2v) is 4.77. The van der Waals surface area contributed by atoms with Crippen molar-refractivity contribution in [3.63, 3.8) is 0 Å². The molecular weight excluding hydrogens is 294 g/mol. The van der Waals surface area contributed by atoms with E-state index in [1.54, 1.807) is 24.3 Å². The molecule has 1 atom stereocenters. The summed E-state index contributed by atoms with van der Waals surface area (Å²) in [6.45, 7) is 0.696. The number of primary amides is 1. The van der Waals surface area contributed by atoms with Crippen LogP contribution in [0.2, 0.25) is 0 Å². The maximum atomic E-state index is 12.1. The van der Waals surface area contributed by atoms with Crippen LogP contribution in [0, 0.1) is 0 Å². The number of nitrogens with one attached hydrogen (secondary N) is 2. The van der Waals surface area contributed by atoms with Crippen LogP contribution in [0.5, 0.6) is 5.75 Å². The van der Waals surface area contributed by atoms with E-state index in [1.807, 2.05) is 0 Å². The van der Waals surface area contributed by atoms with Gasteiger partial charge in [-0.05, 0) is 31.5 Å². The standard InChI is InChI=1S/C14H19N3O3.ClH/c15-13(18)9-20-11-5-3-4-10(8-11)17-14(19)12-6-1-2-7-16-12;/h3-5,8,12,16H,1-2,6-7,9H2,(H2,15,18)(H,17,19);1H. The minimum absolute atomic E-state index is 0. The molecule has 2 rings (SSSR count). The van der Waals surface area contributed by atoms with E-state index < -0.39 is 5.91 Å². The van der Waals surface area contributed by atoms with Gasteiger partial charge in [-0.25, -0.2) is 0 Å². The number of hydrogen-bond acceptors (Lipinski definition) is 4. The normalized spacial score (nSPS) is 17.4. The van der Waals surface area contributed by atoms with Crippen molar-refractivity contribution >= 4 is 29.9 Å². The van der Waals surface area contributed by atoms with Crippen molar-refractivity contribution in [1.82, 2.24) is 5.32 Å². The van der Waals surface area contributed by atoms with E-state index >= 15 is 0 Å². The molecule has 1 aliphatic heterocycles. The first-order valence-electron chi connectivity index (χ1n) is 6.70. The third kappa shape index (κ3) is 5.61. The summed E-state index contributed by atoms with van der Waals surface area (Å²) in [7, 11) is 0. The van der Waals surface area contributed by atoms with Gasteiger partial charge in [0.1, 0.15) is 5.75 Å². The van der Waals surface area contributed by atoms with Crippen LogP contribution in [0.1, 0.15) is 19.3 Å². The van der Waals surface area contributed by atoms with E-state index in [4.69, 9.17) is 10.5 Å². The molecule has 1 saturated heterocycles. The molecule has 0 aliphatic carbocycles. The van der Waals surface area contributed by atoms with Gasteiger partial charge >= 0.3 is 0 Å². The van der Waals surface area contributed by atoms with Gasteiger partial charge in [-0.15, -0.1) is 12.4 Å². The lowest BCUT2D eigenvalue weighted by Gasteiger charge is -2.22. The predicted molar refractivity (Wildman–Crippen MR) is 82.7 cm³/mol. The van der Waals surface area contributed by atoms with Gasteiger partial charge in [-0.3, -0.25) is 9.59 Å². The van der Waals surface area contributed by atoms with E-state index in [2.05, 4.69) is 10.6 Å². The van der Waals surface area contributed by atoms with E-state index in [0.29, 0.717) is 11.4 Å². The van der Waals surface area contributed by atoms with Crippen LogP contribution in [0.4, 0.5) is 5.69 Å². The van der Waals surface area contributed by atoms with Crippen LogP contribution in [-0.2, 0) is 9.59 Å². The molecule has 1 aromatic rings. The summed E-state index contributed by atoms with van der Waals surface area (Å²) in [6.07, 6.45) is 3.02. The Balaban J connectivity index is 0.00000220. The highest BCUT2D eigenvalue weighted by Gasteiger charge is 2.20. The van der Waals surface area contributed by atoms with E-state index in [9.17, 15) is 9.59 Å². The summed E-state index contributed by atoms with van der Waals surface area (Å²) < 4.78 is 5.19. The summed E-state index contributed by atoms with van der Waals surface area (Å²) in [5.41, 5.74) is 5.66. The minimum Gasteiger partial charge on any atom is -0.484 e. The number of ether oxygens (including phenoxy) is 1. The zero-order valence-corrected chi connectivity index (χ0v) is 12.4. The maximum absolute atomic E-state index is 12.1. The van der Waals surface area contributed by atoms with Gasteiger partial charge in [0.15, 0.2) is 6.61 Å². The Bertz CT molecular complexity index is 490. The Morgan fingerprint density at radius 3 is 2.86 bits per heavy atom. The van der Waals surface area contributed by atoms with Gasteiger partial charge < -0.3 is 21.1 Å². The van der Waals surface area contributed by atoms with Crippen LogP contribution >= 0.6 is 12.4 Å². The van der Waals surface area contributed by atoms with Crippen molar-refractivity contribution in [3.8, 4) is 5.75 Å². The molecule has 1 fully saturated rings. The van der Waals surface area contributed by atoms with Crippen molar-refractivity contribution in [2.45, 2.75) is 25.3 Å². The van der Waals surface area contributed by atoms with Gasteiger partial charge in [0.05, 0.1) is 6.04 Å². The first kappa shape index (κ1) is 17.3. The molecule has 1 heterocycles. The van der Waals surface area contributed by atoms with E-state index in [-0.39, 0.29) is 31.0 Å². The second kappa shape index (κ2) is 8.49. The third-order valence-corrected chi connectivity index (χ3v) is 3.11. The molecule has 0 bridgehead atoms. The van der Waals surface area contributed by atoms with Gasteiger partial charge in [0.2, 0.25) is 5.91 Å². The number of piperidine rings is 1. The smallest absolute Gasteiger partial charge is 0.255 e. The molecule has 0 aromatic heterocycles. The van der Waals surface area contributed by atoms with Crippen molar-refractivity contribution in [2.24, 2.45) is 5.73 Å². The Labute approximate surface area is 129 Å². The number of carbonyl (C=O) groups excluding carboxylic acids is 2. The topological polar surface area (TPSA) is 93.5 Å². The average Bonchev–Trinajstić information content (AvgIpc) is 2.46. The van der Waals surface area contributed by atoms with Crippen molar-refractivity contribution in [2.75, 3.05) is 18.5 Å². The maximum Gasteiger partial charge on any atom is 0.255 e. The molecule has 116 valence electrons. The molecule has 1 aliphatic rings. The fourth-order valence-electron chi connectivity index (χ4n) is 2.12. The molecule has 0 radical (unpaired) electrons. The number of nitrogens with two attached hydrogens (primary N) is 1. The largest absolute Gasteiger partial charge is 0.484 e. The highest BCUT2D eigenvalue weighted by atomic mass is 35.5. The quantitative estimate of drug-likeness (QED) is 0.757. The van der Waals surface area contributed by atoms with Crippen LogP contribution in [-0.4, -0.2) is 31.0 Å². The fourth-order valence-corrected chi connectivity index (χ4v) is 2.12. The molecule has 1 unspecified atom stereocenters. The molecular formula is C14H20ClN3O3. The summed E-state index contributed by atoms with van der Waals surface area (Å²) in [4.78, 5) is 22.7. The summed E-state index contributed by atoms with van der Waals surface area (Å²) in [5.74, 6) is -0.0826. The summed E-state index contributed by atoms with van der Waals surface area (Å²) >= 11 is 0. The number of anilines is 1. The third-order valence-electron chi connectivity index (χ3n) is 3.11. The van der Waals surface area contributed by atoms with Crippen molar-refractivity contribution < 1.29 is 14.3 Å². The van der Waals surface area contributed by atoms with Crippen LogP contribution in [0.15, 0.2) is 24.3 Å². The van der Waals surface area contributed by atoms with Gasteiger partial charge in [-0.2, -0.15) is 0 Å². The van der Waals surface area contributed by atoms with Gasteiger partial charge in [0, 0.05) is 11.8 Å². The van der Waals surface area contributed by atoms with Crippen LogP contribution in [0.25, 0.3) is 0 Å². The van der Waals surface area contributed by atoms with Gasteiger partial charge in [-0.1, -0.05) is 12.5 Å². The molecule has 4 N–H and O–H groups in total. The Kier molecular flexibility index (Phi) is 6.98. The first-order chi connectivity index (χ1) is 9.65. The monoisotopic (exact) mass is 313 g/mol. The number of amides is 2. The highest BCUT2D eigenvalue weighted by Crippen LogP contribution is 2.18. The zero-order valence-electron chi connectivity index (χ0n) is 11.6. The summed E-state index contributed by atoms with van der Waals surface area (Å²) in [6, 6.07) is 6.76.